The molecular formula is C21H26N2O2. The molecular weight excluding hydrogens is 312 g/mol. The van der Waals surface area contributed by atoms with Gasteiger partial charge in [-0.15, -0.1) is 0 Å². The maximum atomic E-state index is 12.4. The zero-order valence-electron chi connectivity index (χ0n) is 15.2. The predicted molar refractivity (Wildman–Crippen MR) is 100 cm³/mol. The summed E-state index contributed by atoms with van der Waals surface area (Å²) in [5.41, 5.74) is 10.4. The molecule has 0 unspecified atom stereocenters. The first-order valence-electron chi connectivity index (χ1n) is 8.75. The van der Waals surface area contributed by atoms with Gasteiger partial charge < -0.3 is 15.4 Å². The van der Waals surface area contributed by atoms with Gasteiger partial charge in [0.05, 0.1) is 0 Å². The van der Waals surface area contributed by atoms with Crippen molar-refractivity contribution in [1.82, 2.24) is 4.90 Å². The molecule has 0 spiro atoms. The molecule has 25 heavy (non-hydrogen) atoms. The lowest BCUT2D eigenvalue weighted by molar-refractivity contribution is 0.0235. The van der Waals surface area contributed by atoms with Crippen LogP contribution in [-0.4, -0.2) is 23.1 Å². The van der Waals surface area contributed by atoms with Crippen LogP contribution in [0.3, 0.4) is 0 Å². The number of hydrogen-bond acceptors (Lipinski definition) is 3. The van der Waals surface area contributed by atoms with Crippen molar-refractivity contribution < 1.29 is 9.53 Å². The third-order valence-corrected chi connectivity index (χ3v) is 4.38. The van der Waals surface area contributed by atoms with Crippen molar-refractivity contribution in [3.05, 3.63) is 59.7 Å². The van der Waals surface area contributed by atoms with E-state index >= 15 is 0 Å². The van der Waals surface area contributed by atoms with Crippen LogP contribution in [0.1, 0.15) is 44.4 Å². The number of benzene rings is 2. The van der Waals surface area contributed by atoms with E-state index in [1.54, 1.807) is 4.90 Å². The summed E-state index contributed by atoms with van der Waals surface area (Å²) in [5.74, 6) is 0. The zero-order valence-corrected chi connectivity index (χ0v) is 15.2. The second kappa shape index (κ2) is 6.89. The fourth-order valence-corrected chi connectivity index (χ4v) is 3.11. The van der Waals surface area contributed by atoms with Crippen LogP contribution in [0.2, 0.25) is 0 Å². The molecule has 1 amide bonds. The Bertz CT molecular complexity index is 750. The normalized spacial score (nSPS) is 17.6. The van der Waals surface area contributed by atoms with Crippen molar-refractivity contribution >= 4 is 6.09 Å². The summed E-state index contributed by atoms with van der Waals surface area (Å²) in [4.78, 5) is 14.2. The Hall–Kier alpha value is -2.33. The van der Waals surface area contributed by atoms with E-state index < -0.39 is 5.60 Å². The average molecular weight is 338 g/mol. The molecule has 0 saturated carbocycles. The van der Waals surface area contributed by atoms with Gasteiger partial charge in [0.15, 0.2) is 0 Å². The number of ether oxygens (including phenoxy) is 1. The largest absolute Gasteiger partial charge is 0.444 e. The number of fused-ring (bicyclic) bond motifs is 1. The molecule has 1 aliphatic heterocycles. The molecule has 1 atom stereocenters. The molecule has 1 aliphatic rings. The highest BCUT2D eigenvalue weighted by Gasteiger charge is 2.27. The molecule has 0 radical (unpaired) electrons. The number of nitrogens with zero attached hydrogens (tertiary/aromatic N) is 1. The number of carbonyl (C=O) groups excluding carboxylic acids is 1. The third kappa shape index (κ3) is 4.20. The monoisotopic (exact) mass is 338 g/mol. The first kappa shape index (κ1) is 17.5. The predicted octanol–water partition coefficient (Wildman–Crippen LogP) is 4.49. The molecule has 0 bridgehead atoms. The highest BCUT2D eigenvalue weighted by molar-refractivity contribution is 5.69. The minimum absolute atomic E-state index is 0.0777. The van der Waals surface area contributed by atoms with E-state index in [4.69, 9.17) is 10.5 Å². The van der Waals surface area contributed by atoms with E-state index in [0.29, 0.717) is 13.1 Å². The second-order valence-electron chi connectivity index (χ2n) is 7.58. The Morgan fingerprint density at radius 1 is 1.12 bits per heavy atom. The van der Waals surface area contributed by atoms with Gasteiger partial charge in [-0.2, -0.15) is 0 Å². The summed E-state index contributed by atoms with van der Waals surface area (Å²) >= 11 is 0. The van der Waals surface area contributed by atoms with E-state index in [1.165, 1.54) is 5.56 Å². The van der Waals surface area contributed by atoms with Gasteiger partial charge in [-0.25, -0.2) is 4.79 Å². The van der Waals surface area contributed by atoms with Crippen molar-refractivity contribution in [2.75, 3.05) is 6.54 Å². The van der Waals surface area contributed by atoms with Gasteiger partial charge in [0.25, 0.3) is 0 Å². The first-order valence-corrected chi connectivity index (χ1v) is 8.75. The summed E-state index contributed by atoms with van der Waals surface area (Å²) in [5, 5.41) is 0. The number of hydrogen-bond donors (Lipinski definition) is 1. The summed E-state index contributed by atoms with van der Waals surface area (Å²) in [6, 6.07) is 16.5. The maximum Gasteiger partial charge on any atom is 0.410 e. The Labute approximate surface area is 149 Å². The van der Waals surface area contributed by atoms with E-state index in [0.717, 1.165) is 23.1 Å². The number of amides is 1. The smallest absolute Gasteiger partial charge is 0.410 e. The minimum atomic E-state index is -0.495. The summed E-state index contributed by atoms with van der Waals surface area (Å²) in [6.07, 6.45) is 0.449. The van der Waals surface area contributed by atoms with E-state index in [-0.39, 0.29) is 12.1 Å². The van der Waals surface area contributed by atoms with Crippen LogP contribution in [0, 0.1) is 0 Å². The van der Waals surface area contributed by atoms with Crippen LogP contribution in [0.4, 0.5) is 4.79 Å². The summed E-state index contributed by atoms with van der Waals surface area (Å²) in [6.45, 7) is 6.79. The molecule has 0 aromatic heterocycles. The van der Waals surface area contributed by atoms with Gasteiger partial charge in [-0.3, -0.25) is 0 Å². The average Bonchev–Trinajstić information content (AvgIpc) is 2.73. The fourth-order valence-electron chi connectivity index (χ4n) is 3.11. The molecule has 1 heterocycles. The standard InChI is InChI=1S/C21H26N2O2/c1-21(2,3)25-20(24)23-12-11-19(22)18-13-16(9-10-17(18)14-23)15-7-5-4-6-8-15/h4-10,13,19H,11-12,14,22H2,1-3H3/t19-/m0/s1. The van der Waals surface area contributed by atoms with Crippen LogP contribution in [0.15, 0.2) is 48.5 Å². The first-order chi connectivity index (χ1) is 11.8. The van der Waals surface area contributed by atoms with Gasteiger partial charge >= 0.3 is 6.09 Å². The topological polar surface area (TPSA) is 55.6 Å². The molecule has 0 saturated heterocycles. The molecule has 4 nitrogen and oxygen atoms in total. The van der Waals surface area contributed by atoms with Crippen molar-refractivity contribution in [3.63, 3.8) is 0 Å². The molecule has 2 N–H and O–H groups in total. The van der Waals surface area contributed by atoms with Gasteiger partial charge in [0.2, 0.25) is 0 Å². The lowest BCUT2D eigenvalue weighted by Gasteiger charge is -2.26. The summed E-state index contributed by atoms with van der Waals surface area (Å²) in [7, 11) is 0. The molecule has 0 aliphatic carbocycles. The van der Waals surface area contributed by atoms with E-state index in [2.05, 4.69) is 30.3 Å². The van der Waals surface area contributed by atoms with E-state index in [9.17, 15) is 4.79 Å². The third-order valence-electron chi connectivity index (χ3n) is 4.38. The lowest BCUT2D eigenvalue weighted by atomic mass is 9.95. The van der Waals surface area contributed by atoms with E-state index in [1.807, 2.05) is 39.0 Å². The number of rotatable bonds is 1. The number of nitrogens with two attached hydrogens (primary N) is 1. The highest BCUT2D eigenvalue weighted by atomic mass is 16.6. The highest BCUT2D eigenvalue weighted by Crippen LogP contribution is 2.30. The van der Waals surface area contributed by atoms with Crippen LogP contribution in [0.25, 0.3) is 11.1 Å². The lowest BCUT2D eigenvalue weighted by Crippen LogP contribution is -2.36. The van der Waals surface area contributed by atoms with Crippen LogP contribution < -0.4 is 5.73 Å². The van der Waals surface area contributed by atoms with Gasteiger partial charge in [-0.05, 0) is 55.5 Å². The second-order valence-corrected chi connectivity index (χ2v) is 7.58. The SMILES string of the molecule is CC(C)(C)OC(=O)N1CC[C@H](N)c2cc(-c3ccccc3)ccc2C1. The molecule has 3 rings (SSSR count). The van der Waals surface area contributed by atoms with Crippen LogP contribution in [-0.2, 0) is 11.3 Å². The number of carbonyl (C=O) groups is 1. The fraction of sp³-hybridized carbons (Fsp3) is 0.381. The molecule has 2 aromatic carbocycles. The Balaban J connectivity index is 1.87. The van der Waals surface area contributed by atoms with Crippen molar-refractivity contribution in [3.8, 4) is 11.1 Å². The van der Waals surface area contributed by atoms with Gasteiger partial charge in [0.1, 0.15) is 5.60 Å². The summed E-state index contributed by atoms with van der Waals surface area (Å²) < 4.78 is 5.52. The Kier molecular flexibility index (Phi) is 4.82. The quantitative estimate of drug-likeness (QED) is 0.833. The molecule has 4 heteroatoms. The van der Waals surface area contributed by atoms with Crippen LogP contribution in [0.5, 0.6) is 0 Å². The van der Waals surface area contributed by atoms with Crippen molar-refractivity contribution in [1.29, 1.82) is 0 Å². The van der Waals surface area contributed by atoms with Gasteiger partial charge in [-0.1, -0.05) is 42.5 Å². The molecule has 0 fully saturated rings. The van der Waals surface area contributed by atoms with Gasteiger partial charge in [0, 0.05) is 19.1 Å². The Morgan fingerprint density at radius 3 is 2.52 bits per heavy atom. The molecule has 132 valence electrons. The van der Waals surface area contributed by atoms with Crippen molar-refractivity contribution in [2.45, 2.75) is 45.4 Å². The van der Waals surface area contributed by atoms with Crippen LogP contribution >= 0.6 is 0 Å². The maximum absolute atomic E-state index is 12.4. The zero-order chi connectivity index (χ0) is 18.0. The minimum Gasteiger partial charge on any atom is -0.444 e. The Morgan fingerprint density at radius 2 is 1.84 bits per heavy atom. The van der Waals surface area contributed by atoms with Crippen molar-refractivity contribution in [2.24, 2.45) is 5.73 Å². The molecule has 2 aromatic rings.